The predicted molar refractivity (Wildman–Crippen MR) is 72.0 cm³/mol. The first-order chi connectivity index (χ1) is 8.70. The number of likely N-dealkylation sites (tertiary alicyclic amines) is 1. The fourth-order valence-corrected chi connectivity index (χ4v) is 2.24. The molecular weight excluding hydrogens is 246 g/mol. The van der Waals surface area contributed by atoms with Gasteiger partial charge >= 0.3 is 12.1 Å². The smallest absolute Gasteiger partial charge is 0.410 e. The molecule has 0 bridgehead atoms. The number of rotatable bonds is 2. The standard InChI is InChI=1S/C14H23NO4/c1-10(9-12(16)17)11-7-5-6-8-15(11)13(18)19-14(2,3)4/h9,11H,5-8H2,1-4H3,(H,16,17)/b10-9+/t11-/m0/s1. The molecule has 1 aliphatic rings. The zero-order valence-electron chi connectivity index (χ0n) is 12.1. The Morgan fingerprint density at radius 2 is 1.95 bits per heavy atom. The second kappa shape index (κ2) is 6.08. The third-order valence-corrected chi connectivity index (χ3v) is 3.01. The van der Waals surface area contributed by atoms with E-state index in [-0.39, 0.29) is 12.1 Å². The Labute approximate surface area is 114 Å². The Morgan fingerprint density at radius 3 is 2.47 bits per heavy atom. The van der Waals surface area contributed by atoms with Gasteiger partial charge in [0.2, 0.25) is 0 Å². The van der Waals surface area contributed by atoms with E-state index >= 15 is 0 Å². The Bertz CT molecular complexity index is 381. The van der Waals surface area contributed by atoms with Crippen LogP contribution >= 0.6 is 0 Å². The number of nitrogens with zero attached hydrogens (tertiary/aromatic N) is 1. The summed E-state index contributed by atoms with van der Waals surface area (Å²) < 4.78 is 5.37. The molecule has 0 unspecified atom stereocenters. The van der Waals surface area contributed by atoms with Crippen molar-refractivity contribution in [3.8, 4) is 0 Å². The van der Waals surface area contributed by atoms with Crippen LogP contribution in [0.3, 0.4) is 0 Å². The second-order valence-corrected chi connectivity index (χ2v) is 5.91. The quantitative estimate of drug-likeness (QED) is 0.783. The largest absolute Gasteiger partial charge is 0.478 e. The van der Waals surface area contributed by atoms with Crippen molar-refractivity contribution in [2.45, 2.75) is 58.6 Å². The molecule has 5 heteroatoms. The van der Waals surface area contributed by atoms with Gasteiger partial charge in [0.1, 0.15) is 5.60 Å². The molecule has 108 valence electrons. The summed E-state index contributed by atoms with van der Waals surface area (Å²) in [6.07, 6.45) is 3.52. The van der Waals surface area contributed by atoms with Crippen LogP contribution in [0.25, 0.3) is 0 Å². The number of hydrogen-bond acceptors (Lipinski definition) is 3. The van der Waals surface area contributed by atoms with Gasteiger partial charge < -0.3 is 14.7 Å². The van der Waals surface area contributed by atoms with E-state index < -0.39 is 11.6 Å². The molecule has 1 heterocycles. The van der Waals surface area contributed by atoms with Crippen molar-refractivity contribution < 1.29 is 19.4 Å². The highest BCUT2D eigenvalue weighted by Crippen LogP contribution is 2.25. The van der Waals surface area contributed by atoms with E-state index in [1.165, 1.54) is 6.08 Å². The van der Waals surface area contributed by atoms with Gasteiger partial charge in [-0.25, -0.2) is 9.59 Å². The summed E-state index contributed by atoms with van der Waals surface area (Å²) in [5.41, 5.74) is 0.154. The minimum atomic E-state index is -0.979. The zero-order chi connectivity index (χ0) is 14.6. The first-order valence-electron chi connectivity index (χ1n) is 6.61. The molecule has 0 aromatic heterocycles. The van der Waals surface area contributed by atoms with Crippen molar-refractivity contribution in [2.75, 3.05) is 6.54 Å². The van der Waals surface area contributed by atoms with E-state index in [0.717, 1.165) is 19.3 Å². The molecule has 1 rings (SSSR count). The SMILES string of the molecule is C/C(=C\C(=O)O)[C@@H]1CCCCN1C(=O)OC(C)(C)C. The van der Waals surface area contributed by atoms with Crippen molar-refractivity contribution in [1.29, 1.82) is 0 Å². The summed E-state index contributed by atoms with van der Waals surface area (Å²) in [4.78, 5) is 24.5. The minimum Gasteiger partial charge on any atom is -0.478 e. The number of aliphatic carboxylic acids is 1. The molecule has 0 radical (unpaired) electrons. The van der Waals surface area contributed by atoms with Crippen LogP contribution in [-0.2, 0) is 9.53 Å². The molecule has 1 saturated heterocycles. The summed E-state index contributed by atoms with van der Waals surface area (Å²) in [6.45, 7) is 7.84. The molecule has 0 saturated carbocycles. The van der Waals surface area contributed by atoms with Gasteiger partial charge in [-0.15, -0.1) is 0 Å². The molecule has 1 aliphatic heterocycles. The molecule has 5 nitrogen and oxygen atoms in total. The van der Waals surface area contributed by atoms with Gasteiger partial charge in [-0.1, -0.05) is 0 Å². The summed E-state index contributed by atoms with van der Waals surface area (Å²) in [6, 6.07) is -0.167. The minimum absolute atomic E-state index is 0.167. The molecule has 1 amide bonds. The molecule has 0 spiro atoms. The predicted octanol–water partition coefficient (Wildman–Crippen LogP) is 2.81. The Balaban J connectivity index is 2.83. The highest BCUT2D eigenvalue weighted by atomic mass is 16.6. The maximum Gasteiger partial charge on any atom is 0.410 e. The fourth-order valence-electron chi connectivity index (χ4n) is 2.24. The number of carbonyl (C=O) groups excluding carboxylic acids is 1. The van der Waals surface area contributed by atoms with Crippen LogP contribution in [0.15, 0.2) is 11.6 Å². The lowest BCUT2D eigenvalue weighted by Gasteiger charge is -2.37. The number of hydrogen-bond donors (Lipinski definition) is 1. The van der Waals surface area contributed by atoms with E-state index in [9.17, 15) is 9.59 Å². The van der Waals surface area contributed by atoms with E-state index in [4.69, 9.17) is 9.84 Å². The van der Waals surface area contributed by atoms with Gasteiger partial charge in [0.25, 0.3) is 0 Å². The number of ether oxygens (including phenoxy) is 1. The average Bonchev–Trinajstić information content (AvgIpc) is 2.25. The molecule has 1 fully saturated rings. The Kier molecular flexibility index (Phi) is 4.97. The van der Waals surface area contributed by atoms with Crippen LogP contribution in [0.2, 0.25) is 0 Å². The van der Waals surface area contributed by atoms with E-state index in [1.807, 2.05) is 20.8 Å². The number of carbonyl (C=O) groups is 2. The summed E-state index contributed by atoms with van der Waals surface area (Å²) in [5, 5.41) is 8.81. The Morgan fingerprint density at radius 1 is 1.32 bits per heavy atom. The molecule has 0 aliphatic carbocycles. The summed E-state index contributed by atoms with van der Waals surface area (Å²) >= 11 is 0. The highest BCUT2D eigenvalue weighted by Gasteiger charge is 2.31. The lowest BCUT2D eigenvalue weighted by molar-refractivity contribution is -0.131. The number of carboxylic acid groups (broad SMARTS) is 1. The van der Waals surface area contributed by atoms with Gasteiger partial charge in [0.05, 0.1) is 6.04 Å². The van der Waals surface area contributed by atoms with Crippen molar-refractivity contribution in [1.82, 2.24) is 4.90 Å². The summed E-state index contributed by atoms with van der Waals surface area (Å²) in [5.74, 6) is -0.979. The Hall–Kier alpha value is -1.52. The topological polar surface area (TPSA) is 66.8 Å². The molecule has 0 aromatic carbocycles. The van der Waals surface area contributed by atoms with Crippen molar-refractivity contribution in [3.05, 3.63) is 11.6 Å². The monoisotopic (exact) mass is 269 g/mol. The van der Waals surface area contributed by atoms with Crippen LogP contribution in [0.4, 0.5) is 4.79 Å². The molecule has 1 N–H and O–H groups in total. The van der Waals surface area contributed by atoms with Crippen molar-refractivity contribution in [2.24, 2.45) is 0 Å². The molecule has 1 atom stereocenters. The average molecular weight is 269 g/mol. The lowest BCUT2D eigenvalue weighted by Crippen LogP contribution is -2.46. The van der Waals surface area contributed by atoms with Crippen LogP contribution < -0.4 is 0 Å². The van der Waals surface area contributed by atoms with Crippen molar-refractivity contribution >= 4 is 12.1 Å². The van der Waals surface area contributed by atoms with Gasteiger partial charge in [-0.05, 0) is 52.5 Å². The van der Waals surface area contributed by atoms with Crippen LogP contribution in [0, 0.1) is 0 Å². The number of carboxylic acids is 1. The number of piperidine rings is 1. The van der Waals surface area contributed by atoms with Gasteiger partial charge in [0.15, 0.2) is 0 Å². The summed E-state index contributed by atoms with van der Waals surface area (Å²) in [7, 11) is 0. The third-order valence-electron chi connectivity index (χ3n) is 3.01. The third kappa shape index (κ3) is 4.93. The van der Waals surface area contributed by atoms with E-state index in [0.29, 0.717) is 12.1 Å². The van der Waals surface area contributed by atoms with Crippen LogP contribution in [0.1, 0.15) is 47.0 Å². The van der Waals surface area contributed by atoms with Crippen molar-refractivity contribution in [3.63, 3.8) is 0 Å². The molecule has 19 heavy (non-hydrogen) atoms. The van der Waals surface area contributed by atoms with Crippen LogP contribution in [-0.4, -0.2) is 40.3 Å². The first kappa shape index (κ1) is 15.5. The zero-order valence-corrected chi connectivity index (χ0v) is 12.1. The molecular formula is C14H23NO4. The maximum absolute atomic E-state index is 12.1. The highest BCUT2D eigenvalue weighted by molar-refractivity contribution is 5.81. The first-order valence-corrected chi connectivity index (χ1v) is 6.61. The number of amides is 1. The second-order valence-electron chi connectivity index (χ2n) is 5.91. The lowest BCUT2D eigenvalue weighted by atomic mass is 9.96. The van der Waals surface area contributed by atoms with E-state index in [2.05, 4.69) is 0 Å². The maximum atomic E-state index is 12.1. The van der Waals surface area contributed by atoms with Gasteiger partial charge in [-0.3, -0.25) is 0 Å². The van der Waals surface area contributed by atoms with Crippen LogP contribution in [0.5, 0.6) is 0 Å². The normalized spacial score (nSPS) is 21.2. The van der Waals surface area contributed by atoms with Gasteiger partial charge in [-0.2, -0.15) is 0 Å². The fraction of sp³-hybridized carbons (Fsp3) is 0.714. The van der Waals surface area contributed by atoms with E-state index in [1.54, 1.807) is 11.8 Å². The molecule has 0 aromatic rings. The van der Waals surface area contributed by atoms with Gasteiger partial charge in [0, 0.05) is 12.6 Å².